The van der Waals surface area contributed by atoms with E-state index in [1.807, 2.05) is 117 Å². The van der Waals surface area contributed by atoms with Gasteiger partial charge in [-0.25, -0.2) is 43.5 Å². The quantitative estimate of drug-likeness (QED) is 0.0393. The number of halogens is 2. The lowest BCUT2D eigenvalue weighted by Gasteiger charge is -2.17. The molecule has 16 rings (SSSR count). The number of benzene rings is 2. The first kappa shape index (κ1) is 92.4. The molecule has 0 aliphatic rings. The van der Waals surface area contributed by atoms with Crippen molar-refractivity contribution in [3.05, 3.63) is 326 Å². The van der Waals surface area contributed by atoms with Crippen molar-refractivity contribution in [1.29, 1.82) is 0 Å². The van der Waals surface area contributed by atoms with Crippen molar-refractivity contribution in [2.75, 3.05) is 20.7 Å². The molecule has 14 heterocycles. The number of hydrogen-bond donors (Lipinski definition) is 5. The average Bonchev–Trinajstić information content (AvgIpc) is 0.736. The predicted molar refractivity (Wildman–Crippen MR) is 479 cm³/mol. The van der Waals surface area contributed by atoms with Gasteiger partial charge in [-0.15, -0.1) is 0 Å². The Labute approximate surface area is 725 Å². The SMILES string of the molecule is CC(=O)c1cnc2c(O)c(CN(C)C)ccn2c1=O.CCCc1cnc2c(O)c(-c3cc(F)cc(F)c3)ccn2c1=O.CCCc1cnc2c(O)c(-c3ccncc3)ccn2c1=O.CCCc1cnc2c(OC(C)C)c(-c3ccncc3)ccn2c1=O.CCOC(=O)c1cnc2c(O)c(C)ccn2c1=O.Cc1ccccc1-c1ccn2c(=O)c(C(C)C)cnc2c1O. The van der Waals surface area contributed by atoms with Crippen LogP contribution in [0.1, 0.15) is 147 Å². The summed E-state index contributed by atoms with van der Waals surface area (Å²) in [6.45, 7) is 21.2. The van der Waals surface area contributed by atoms with Crippen LogP contribution >= 0.6 is 0 Å². The van der Waals surface area contributed by atoms with Crippen LogP contribution in [0, 0.1) is 25.5 Å². The molecule has 30 nitrogen and oxygen atoms in total. The maximum Gasteiger partial charge on any atom is 0.345 e. The van der Waals surface area contributed by atoms with Gasteiger partial charge in [0, 0.05) is 162 Å². The maximum absolute atomic E-state index is 13.4. The normalized spacial score (nSPS) is 11.0. The summed E-state index contributed by atoms with van der Waals surface area (Å²) in [5.41, 5.74) is 9.97. The van der Waals surface area contributed by atoms with Gasteiger partial charge < -0.3 is 39.9 Å². The van der Waals surface area contributed by atoms with Gasteiger partial charge in [-0.2, -0.15) is 0 Å². The minimum absolute atomic E-state index is 0.00356. The van der Waals surface area contributed by atoms with Gasteiger partial charge in [-0.1, -0.05) is 78.1 Å². The first-order chi connectivity index (χ1) is 60.8. The lowest BCUT2D eigenvalue weighted by molar-refractivity contribution is 0.0523. The van der Waals surface area contributed by atoms with E-state index in [1.54, 1.807) is 117 Å². The number of ether oxygens (including phenoxy) is 2. The standard InChI is InChI=1S/C19H21N3O2.C18H18N2O2.C17H14F2N2O2.C16H15N3O2.C13H15N3O3.C12H12N2O4/c1-4-5-15-12-21-18-17(24-13(2)3)16(8-11-22(18)19(15)23)14-6-9-20-10-7-14;1-11(2)15-10-19-17-16(21)14(8-9-20(17)18(15)22)13-7-5-4-6-12(13)3;1-2-3-10-9-20-16-15(22)14(4-5-21(16)17(10)23)11-6-12(18)8-13(19)7-11;1-2-3-12-10-18-15-14(20)13(6-9-19(15)16(12)21)11-4-7-17-8-5-11;1-8(17)10-6-14-12-11(18)9(7-15(2)3)4-5-16(12)13(10)19;1-3-18-12(17)8-6-13-10-9(15)7(2)4-5-14(10)11(8)16/h6-13H,4-5H2,1-3H3;4-11,21H,1-3H3;4-9,22H,2-3H2,1H3;4-10,20H,2-3H2,1H3;4-6,18H,7H2,1-3H3;4-6,15H,3H2,1-2H3. The highest BCUT2D eigenvalue weighted by atomic mass is 19.1. The Hall–Kier alpha value is -15.3. The largest absolute Gasteiger partial charge is 0.504 e. The van der Waals surface area contributed by atoms with Gasteiger partial charge in [0.1, 0.15) is 22.8 Å². The molecule has 0 bridgehead atoms. The van der Waals surface area contributed by atoms with Crippen molar-refractivity contribution in [2.24, 2.45) is 0 Å². The second kappa shape index (κ2) is 41.2. The zero-order valence-corrected chi connectivity index (χ0v) is 72.1. The summed E-state index contributed by atoms with van der Waals surface area (Å²) < 4.78 is 45.4. The topological polar surface area (TPSA) is 389 Å². The molecule has 127 heavy (non-hydrogen) atoms. The van der Waals surface area contributed by atoms with Crippen LogP contribution < -0.4 is 38.1 Å². The summed E-state index contributed by atoms with van der Waals surface area (Å²) >= 11 is 0. The molecule has 654 valence electrons. The van der Waals surface area contributed by atoms with Crippen LogP contribution in [-0.4, -0.2) is 135 Å². The van der Waals surface area contributed by atoms with Crippen molar-refractivity contribution in [3.63, 3.8) is 0 Å². The minimum atomic E-state index is -0.747. The average molecular weight is 1720 g/mol. The zero-order valence-electron chi connectivity index (χ0n) is 72.1. The second-order valence-electron chi connectivity index (χ2n) is 30.3. The lowest BCUT2D eigenvalue weighted by atomic mass is 10.0. The molecular formula is C95H95F2N15O15. The smallest absolute Gasteiger partial charge is 0.345 e. The molecule has 0 saturated heterocycles. The Bertz CT molecular complexity index is 7160. The number of carbonyl (C=O) groups excluding carboxylic acids is 2. The maximum atomic E-state index is 13.4. The number of Topliss-reactive ketones (excluding diaryl/α,β-unsaturated/α-hetero) is 1. The van der Waals surface area contributed by atoms with Crippen molar-refractivity contribution < 1.29 is 53.4 Å². The number of carbonyl (C=O) groups is 2. The first-order valence-corrected chi connectivity index (χ1v) is 40.8. The molecule has 2 aromatic carbocycles. The molecule has 32 heteroatoms. The van der Waals surface area contributed by atoms with Gasteiger partial charge in [0.05, 0.1) is 12.7 Å². The number of aromatic nitrogens is 14. The highest BCUT2D eigenvalue weighted by Crippen LogP contribution is 2.37. The van der Waals surface area contributed by atoms with Crippen molar-refractivity contribution in [1.82, 2.24) is 71.2 Å². The van der Waals surface area contributed by atoms with Gasteiger partial charge in [-0.05, 0) is 187 Å². The summed E-state index contributed by atoms with van der Waals surface area (Å²) in [7, 11) is 3.75. The van der Waals surface area contributed by atoms with Crippen molar-refractivity contribution in [2.45, 2.75) is 133 Å². The van der Waals surface area contributed by atoms with Gasteiger partial charge in [-0.3, -0.25) is 69.9 Å². The fraction of sp³-hybridized carbons (Fsp3) is 0.242. The van der Waals surface area contributed by atoms with E-state index in [9.17, 15) is 72.7 Å². The Morgan fingerprint density at radius 2 is 0.819 bits per heavy atom. The zero-order chi connectivity index (χ0) is 91.8. The number of pyridine rings is 8. The van der Waals surface area contributed by atoms with Gasteiger partial charge in [0.25, 0.3) is 33.4 Å². The number of esters is 1. The van der Waals surface area contributed by atoms with Gasteiger partial charge in [0.15, 0.2) is 74.2 Å². The molecule has 14 aromatic heterocycles. The van der Waals surface area contributed by atoms with Gasteiger partial charge in [0.2, 0.25) is 0 Å². The molecule has 0 saturated carbocycles. The third-order valence-electron chi connectivity index (χ3n) is 20.1. The van der Waals surface area contributed by atoms with Crippen molar-refractivity contribution in [3.8, 4) is 79.0 Å². The molecule has 0 spiro atoms. The van der Waals surface area contributed by atoms with E-state index in [0.29, 0.717) is 69.7 Å². The number of hydrogen-bond acceptors (Lipinski definition) is 24. The predicted octanol–water partition coefficient (Wildman–Crippen LogP) is 14.3. The monoisotopic (exact) mass is 1720 g/mol. The summed E-state index contributed by atoms with van der Waals surface area (Å²) in [5, 5.41) is 51.2. The van der Waals surface area contributed by atoms with Crippen molar-refractivity contribution >= 4 is 45.6 Å². The number of ketones is 1. The van der Waals surface area contributed by atoms with Crippen LogP contribution in [0.5, 0.6) is 34.5 Å². The fourth-order valence-electron chi connectivity index (χ4n) is 13.7. The summed E-state index contributed by atoms with van der Waals surface area (Å²) in [5.74, 6) is -2.22. The molecule has 0 amide bonds. The van der Waals surface area contributed by atoms with Crippen LogP contribution in [0.25, 0.3) is 78.4 Å². The van der Waals surface area contributed by atoms with E-state index in [0.717, 1.165) is 87.9 Å². The van der Waals surface area contributed by atoms with E-state index < -0.39 is 28.7 Å². The molecule has 5 N–H and O–H groups in total. The van der Waals surface area contributed by atoms with E-state index in [4.69, 9.17) is 9.47 Å². The highest BCUT2D eigenvalue weighted by Gasteiger charge is 2.23. The van der Waals surface area contributed by atoms with E-state index in [-0.39, 0.29) is 126 Å². The van der Waals surface area contributed by atoms with Gasteiger partial charge >= 0.3 is 5.97 Å². The summed E-state index contributed by atoms with van der Waals surface area (Å²) in [6.07, 6.45) is 29.4. The molecule has 0 aliphatic heterocycles. The minimum Gasteiger partial charge on any atom is -0.504 e. The third kappa shape index (κ3) is 20.6. The Morgan fingerprint density at radius 1 is 0.417 bits per heavy atom. The molecule has 0 aliphatic carbocycles. The van der Waals surface area contributed by atoms with E-state index in [2.05, 4.69) is 39.9 Å². The first-order valence-electron chi connectivity index (χ1n) is 40.8. The Balaban J connectivity index is 0.000000148. The second-order valence-corrected chi connectivity index (χ2v) is 30.3. The number of aryl methyl sites for hydroxylation is 5. The molecule has 16 aromatic rings. The molecule has 0 atom stereocenters. The summed E-state index contributed by atoms with van der Waals surface area (Å²) in [4.78, 5) is 132. The molecule has 0 unspecified atom stereocenters. The Kier molecular flexibility index (Phi) is 30.0. The number of fused-ring (bicyclic) bond motifs is 6. The Morgan fingerprint density at radius 3 is 1.31 bits per heavy atom. The molecule has 0 fully saturated rings. The van der Waals surface area contributed by atoms with Crippen LogP contribution in [0.4, 0.5) is 8.78 Å². The fourth-order valence-corrected chi connectivity index (χ4v) is 13.7. The van der Waals surface area contributed by atoms with Crippen LogP contribution in [-0.2, 0) is 30.5 Å². The van der Waals surface area contributed by atoms with Crippen LogP contribution in [0.3, 0.4) is 0 Å². The van der Waals surface area contributed by atoms with Crippen LogP contribution in [0.15, 0.2) is 231 Å². The molecule has 0 radical (unpaired) electrons. The third-order valence-corrected chi connectivity index (χ3v) is 20.1. The van der Waals surface area contributed by atoms with Crippen LogP contribution in [0.2, 0.25) is 0 Å². The summed E-state index contributed by atoms with van der Waals surface area (Å²) in [6, 6.07) is 28.3. The molecular weight excluding hydrogens is 1630 g/mol. The number of aromatic hydroxyl groups is 5. The van der Waals surface area contributed by atoms with E-state index in [1.165, 1.54) is 61.6 Å². The lowest BCUT2D eigenvalue weighted by Crippen LogP contribution is -2.24. The number of nitrogens with zero attached hydrogens (tertiary/aromatic N) is 15. The van der Waals surface area contributed by atoms with E-state index >= 15 is 0 Å². The number of rotatable bonds is 18. The highest BCUT2D eigenvalue weighted by molar-refractivity contribution is 5.93.